The van der Waals surface area contributed by atoms with E-state index in [-0.39, 0.29) is 18.7 Å². The van der Waals surface area contributed by atoms with Crippen LogP contribution in [0.25, 0.3) is 0 Å². The molecule has 3 amide bonds. The number of nitrogens with two attached hydrogens (primary N) is 1. The zero-order chi connectivity index (χ0) is 13.0. The molecule has 0 unspecified atom stereocenters. The molecule has 1 rings (SSSR count). The normalized spacial score (nSPS) is 9.94. The SMILES string of the molecule is Cc1c(C(=O)O)nnn1CCC(=O)NC(N)=O. The summed E-state index contributed by atoms with van der Waals surface area (Å²) in [5.41, 5.74) is 4.92. The molecular weight excluding hydrogens is 230 g/mol. The van der Waals surface area contributed by atoms with Gasteiger partial charge in [0.2, 0.25) is 5.91 Å². The van der Waals surface area contributed by atoms with Gasteiger partial charge in [0.1, 0.15) is 0 Å². The van der Waals surface area contributed by atoms with Crippen LogP contribution >= 0.6 is 0 Å². The van der Waals surface area contributed by atoms with E-state index in [2.05, 4.69) is 10.3 Å². The van der Waals surface area contributed by atoms with E-state index in [1.165, 1.54) is 11.6 Å². The maximum Gasteiger partial charge on any atom is 0.358 e. The minimum atomic E-state index is -1.18. The van der Waals surface area contributed by atoms with Crippen molar-refractivity contribution in [2.45, 2.75) is 19.9 Å². The topological polar surface area (TPSA) is 140 Å². The molecule has 0 bridgehead atoms. The molecule has 0 aliphatic heterocycles. The van der Waals surface area contributed by atoms with Crippen LogP contribution in [0.15, 0.2) is 0 Å². The predicted molar refractivity (Wildman–Crippen MR) is 54.1 cm³/mol. The molecule has 0 aliphatic carbocycles. The van der Waals surface area contributed by atoms with Gasteiger partial charge in [-0.3, -0.25) is 10.1 Å². The first-order valence-electron chi connectivity index (χ1n) is 4.64. The number of urea groups is 1. The number of carboxylic acid groups (broad SMARTS) is 1. The van der Waals surface area contributed by atoms with Crippen LogP contribution < -0.4 is 11.1 Å². The van der Waals surface area contributed by atoms with Gasteiger partial charge in [0.05, 0.1) is 12.2 Å². The lowest BCUT2D eigenvalue weighted by Gasteiger charge is -2.02. The second-order valence-corrected chi connectivity index (χ2v) is 3.21. The third-order valence-electron chi connectivity index (χ3n) is 2.00. The first-order valence-corrected chi connectivity index (χ1v) is 4.64. The van der Waals surface area contributed by atoms with Gasteiger partial charge in [-0.2, -0.15) is 0 Å². The van der Waals surface area contributed by atoms with Crippen LogP contribution in [0.5, 0.6) is 0 Å². The van der Waals surface area contributed by atoms with Crippen molar-refractivity contribution < 1.29 is 19.5 Å². The molecule has 1 aromatic rings. The average Bonchev–Trinajstić information content (AvgIpc) is 2.55. The van der Waals surface area contributed by atoms with Gasteiger partial charge in [0, 0.05) is 6.42 Å². The fourth-order valence-corrected chi connectivity index (χ4v) is 1.18. The monoisotopic (exact) mass is 241 g/mol. The Morgan fingerprint density at radius 1 is 1.47 bits per heavy atom. The number of imide groups is 1. The van der Waals surface area contributed by atoms with Gasteiger partial charge in [-0.15, -0.1) is 5.10 Å². The predicted octanol–water partition coefficient (Wildman–Crippen LogP) is -1.13. The molecule has 92 valence electrons. The van der Waals surface area contributed by atoms with Crippen LogP contribution in [0, 0.1) is 6.92 Å². The Labute approximate surface area is 95.6 Å². The molecule has 1 aromatic heterocycles. The van der Waals surface area contributed by atoms with E-state index in [0.29, 0.717) is 5.69 Å². The fraction of sp³-hybridized carbons (Fsp3) is 0.375. The highest BCUT2D eigenvalue weighted by Crippen LogP contribution is 2.03. The molecule has 0 atom stereocenters. The van der Waals surface area contributed by atoms with E-state index in [4.69, 9.17) is 10.8 Å². The van der Waals surface area contributed by atoms with E-state index >= 15 is 0 Å². The standard InChI is InChI=1S/C8H11N5O4/c1-4-6(7(15)16)11-12-13(4)3-2-5(14)10-8(9)17/h2-3H2,1H3,(H,15,16)(H3,9,10,14,17). The van der Waals surface area contributed by atoms with Gasteiger partial charge in [-0.05, 0) is 6.92 Å². The van der Waals surface area contributed by atoms with Crippen LogP contribution in [0.1, 0.15) is 22.6 Å². The Balaban J connectivity index is 2.61. The summed E-state index contributed by atoms with van der Waals surface area (Å²) < 4.78 is 1.27. The Kier molecular flexibility index (Phi) is 3.75. The van der Waals surface area contributed by atoms with E-state index in [0.717, 1.165) is 0 Å². The van der Waals surface area contributed by atoms with Crippen LogP contribution in [0.3, 0.4) is 0 Å². The summed E-state index contributed by atoms with van der Waals surface area (Å²) in [7, 11) is 0. The molecule has 0 radical (unpaired) electrons. The van der Waals surface area contributed by atoms with Crippen molar-refractivity contribution in [2.24, 2.45) is 5.73 Å². The molecule has 0 saturated heterocycles. The molecule has 0 aliphatic rings. The summed E-state index contributed by atoms with van der Waals surface area (Å²) in [5, 5.41) is 17.6. The highest BCUT2D eigenvalue weighted by atomic mass is 16.4. The summed E-state index contributed by atoms with van der Waals surface area (Å²) in [6, 6.07) is -0.934. The van der Waals surface area contributed by atoms with Gasteiger partial charge in [-0.25, -0.2) is 14.3 Å². The number of hydrogen-bond acceptors (Lipinski definition) is 5. The van der Waals surface area contributed by atoms with Crippen LogP contribution in [0.2, 0.25) is 0 Å². The van der Waals surface area contributed by atoms with Gasteiger partial charge >= 0.3 is 12.0 Å². The first kappa shape index (κ1) is 12.6. The first-order chi connectivity index (χ1) is 7.91. The summed E-state index contributed by atoms with van der Waals surface area (Å²) in [4.78, 5) is 32.1. The zero-order valence-electron chi connectivity index (χ0n) is 9.01. The summed E-state index contributed by atoms with van der Waals surface area (Å²) in [6.45, 7) is 1.64. The lowest BCUT2D eigenvalue weighted by Crippen LogP contribution is -2.35. The Morgan fingerprint density at radius 2 is 2.12 bits per heavy atom. The number of primary amides is 1. The number of carbonyl (C=O) groups excluding carboxylic acids is 2. The number of rotatable bonds is 4. The molecule has 4 N–H and O–H groups in total. The second-order valence-electron chi connectivity index (χ2n) is 3.21. The Morgan fingerprint density at radius 3 is 2.59 bits per heavy atom. The molecule has 9 heteroatoms. The molecule has 0 aromatic carbocycles. The smallest absolute Gasteiger partial charge is 0.358 e. The number of hydrogen-bond donors (Lipinski definition) is 3. The number of aromatic nitrogens is 3. The fourth-order valence-electron chi connectivity index (χ4n) is 1.18. The molecule has 0 spiro atoms. The quantitative estimate of drug-likeness (QED) is 0.609. The number of carbonyl (C=O) groups is 3. The van der Waals surface area contributed by atoms with Crippen molar-refractivity contribution in [2.75, 3.05) is 0 Å². The van der Waals surface area contributed by atoms with Crippen LogP contribution in [0.4, 0.5) is 4.79 Å². The number of aromatic carboxylic acids is 1. The maximum atomic E-state index is 11.1. The molecule has 1 heterocycles. The van der Waals surface area contributed by atoms with Crippen molar-refractivity contribution in [3.05, 3.63) is 11.4 Å². The molecule has 0 fully saturated rings. The zero-order valence-corrected chi connectivity index (χ0v) is 9.01. The van der Waals surface area contributed by atoms with Crippen LogP contribution in [-0.4, -0.2) is 38.0 Å². The van der Waals surface area contributed by atoms with Gasteiger partial charge in [0.25, 0.3) is 0 Å². The van der Waals surface area contributed by atoms with Crippen molar-refractivity contribution in [3.8, 4) is 0 Å². The van der Waals surface area contributed by atoms with E-state index < -0.39 is 17.9 Å². The summed E-state index contributed by atoms with van der Waals surface area (Å²) in [6.07, 6.45) is -0.0494. The number of nitrogens with zero attached hydrogens (tertiary/aromatic N) is 3. The number of amides is 3. The molecular formula is C8H11N5O4. The van der Waals surface area contributed by atoms with Crippen molar-refractivity contribution in [1.29, 1.82) is 0 Å². The van der Waals surface area contributed by atoms with Gasteiger partial charge in [-0.1, -0.05) is 5.21 Å². The van der Waals surface area contributed by atoms with E-state index in [1.54, 1.807) is 0 Å². The summed E-state index contributed by atoms with van der Waals surface area (Å²) >= 11 is 0. The van der Waals surface area contributed by atoms with E-state index in [1.807, 2.05) is 5.32 Å². The minimum Gasteiger partial charge on any atom is -0.476 e. The Bertz CT molecular complexity index is 466. The second kappa shape index (κ2) is 5.05. The van der Waals surface area contributed by atoms with Crippen molar-refractivity contribution in [1.82, 2.24) is 20.3 Å². The highest BCUT2D eigenvalue weighted by Gasteiger charge is 2.15. The minimum absolute atomic E-state index is 0.0494. The lowest BCUT2D eigenvalue weighted by atomic mass is 10.3. The largest absolute Gasteiger partial charge is 0.476 e. The van der Waals surface area contributed by atoms with E-state index in [9.17, 15) is 14.4 Å². The van der Waals surface area contributed by atoms with Crippen molar-refractivity contribution in [3.63, 3.8) is 0 Å². The number of nitrogens with one attached hydrogen (secondary N) is 1. The van der Waals surface area contributed by atoms with Crippen LogP contribution in [-0.2, 0) is 11.3 Å². The maximum absolute atomic E-state index is 11.1. The van der Waals surface area contributed by atoms with Gasteiger partial charge < -0.3 is 10.8 Å². The molecule has 9 nitrogen and oxygen atoms in total. The molecule has 0 saturated carbocycles. The van der Waals surface area contributed by atoms with Crippen molar-refractivity contribution >= 4 is 17.9 Å². The lowest BCUT2D eigenvalue weighted by molar-refractivity contribution is -0.120. The number of aryl methyl sites for hydroxylation is 1. The van der Waals surface area contributed by atoms with Gasteiger partial charge in [0.15, 0.2) is 5.69 Å². The third-order valence-corrected chi connectivity index (χ3v) is 2.00. The highest BCUT2D eigenvalue weighted by molar-refractivity contribution is 5.93. The summed E-state index contributed by atoms with van der Waals surface area (Å²) in [5.74, 6) is -1.75. The third kappa shape index (κ3) is 3.26. The number of carboxylic acids is 1. The molecule has 17 heavy (non-hydrogen) atoms. The average molecular weight is 241 g/mol. The Hall–Kier alpha value is -2.45.